The van der Waals surface area contributed by atoms with E-state index in [-0.39, 0.29) is 24.3 Å². The first-order chi connectivity index (χ1) is 11.4. The number of nitrogens with zero attached hydrogens (tertiary/aromatic N) is 3. The standard InChI is InChI=1S/C16H20ClN5O2/c1-11(2)16(24)19-14-9-22(21-20-14)10-15(23)18-7-6-12-4-3-5-13(17)8-12/h3-5,8-9,11H,6-7,10H2,1-2H3,(H,18,23)(H,19,24). The van der Waals surface area contributed by atoms with Crippen LogP contribution in [0.2, 0.25) is 5.02 Å². The zero-order chi connectivity index (χ0) is 17.5. The van der Waals surface area contributed by atoms with E-state index >= 15 is 0 Å². The van der Waals surface area contributed by atoms with Gasteiger partial charge < -0.3 is 10.6 Å². The van der Waals surface area contributed by atoms with Crippen molar-refractivity contribution in [1.82, 2.24) is 20.3 Å². The number of carbonyl (C=O) groups excluding carboxylic acids is 2. The van der Waals surface area contributed by atoms with E-state index in [1.54, 1.807) is 13.8 Å². The molecule has 24 heavy (non-hydrogen) atoms. The highest BCUT2D eigenvalue weighted by atomic mass is 35.5. The molecule has 0 radical (unpaired) electrons. The summed E-state index contributed by atoms with van der Waals surface area (Å²) in [5, 5.41) is 13.8. The van der Waals surface area contributed by atoms with Crippen LogP contribution < -0.4 is 10.6 Å². The number of aromatic nitrogens is 3. The van der Waals surface area contributed by atoms with Crippen molar-refractivity contribution in [1.29, 1.82) is 0 Å². The van der Waals surface area contributed by atoms with Gasteiger partial charge in [-0.2, -0.15) is 0 Å². The van der Waals surface area contributed by atoms with Crippen LogP contribution in [0, 0.1) is 5.92 Å². The Balaban J connectivity index is 1.76. The minimum Gasteiger partial charge on any atom is -0.354 e. The van der Waals surface area contributed by atoms with Gasteiger partial charge in [0.15, 0.2) is 5.82 Å². The molecule has 0 atom stereocenters. The lowest BCUT2D eigenvalue weighted by Crippen LogP contribution is -2.29. The number of anilines is 1. The highest BCUT2D eigenvalue weighted by Crippen LogP contribution is 2.10. The van der Waals surface area contributed by atoms with Gasteiger partial charge >= 0.3 is 0 Å². The summed E-state index contributed by atoms with van der Waals surface area (Å²) >= 11 is 5.92. The Morgan fingerprint density at radius 3 is 2.83 bits per heavy atom. The molecule has 2 rings (SSSR count). The highest BCUT2D eigenvalue weighted by molar-refractivity contribution is 6.30. The molecule has 0 saturated carbocycles. The van der Waals surface area contributed by atoms with Crippen molar-refractivity contribution >= 4 is 29.2 Å². The number of rotatable bonds is 7. The average Bonchev–Trinajstić information content (AvgIpc) is 2.94. The number of carbonyl (C=O) groups is 2. The fraction of sp³-hybridized carbons (Fsp3) is 0.375. The van der Waals surface area contributed by atoms with Crippen LogP contribution in [0.25, 0.3) is 0 Å². The van der Waals surface area contributed by atoms with E-state index < -0.39 is 0 Å². The van der Waals surface area contributed by atoms with E-state index in [9.17, 15) is 9.59 Å². The van der Waals surface area contributed by atoms with E-state index in [1.807, 2.05) is 24.3 Å². The van der Waals surface area contributed by atoms with Gasteiger partial charge in [0, 0.05) is 17.5 Å². The molecule has 0 aliphatic rings. The second kappa shape index (κ2) is 8.44. The van der Waals surface area contributed by atoms with E-state index in [1.165, 1.54) is 10.9 Å². The fourth-order valence-corrected chi connectivity index (χ4v) is 2.16. The summed E-state index contributed by atoms with van der Waals surface area (Å²) in [5.41, 5.74) is 1.06. The Morgan fingerprint density at radius 1 is 1.33 bits per heavy atom. The normalized spacial score (nSPS) is 10.7. The minimum absolute atomic E-state index is 0.0418. The summed E-state index contributed by atoms with van der Waals surface area (Å²) in [7, 11) is 0. The Labute approximate surface area is 145 Å². The van der Waals surface area contributed by atoms with E-state index in [4.69, 9.17) is 11.6 Å². The lowest BCUT2D eigenvalue weighted by atomic mass is 10.1. The van der Waals surface area contributed by atoms with Crippen LogP contribution in [0.15, 0.2) is 30.5 Å². The van der Waals surface area contributed by atoms with Gasteiger partial charge in [0.1, 0.15) is 6.54 Å². The molecule has 1 heterocycles. The molecule has 128 valence electrons. The van der Waals surface area contributed by atoms with Crippen LogP contribution in [-0.2, 0) is 22.6 Å². The molecule has 0 unspecified atom stereocenters. The van der Waals surface area contributed by atoms with Gasteiger partial charge in [-0.25, -0.2) is 4.68 Å². The van der Waals surface area contributed by atoms with Crippen molar-refractivity contribution in [3.05, 3.63) is 41.0 Å². The molecule has 2 amide bonds. The zero-order valence-electron chi connectivity index (χ0n) is 13.6. The summed E-state index contributed by atoms with van der Waals surface area (Å²) in [4.78, 5) is 23.5. The molecule has 0 bridgehead atoms. The largest absolute Gasteiger partial charge is 0.354 e. The molecular weight excluding hydrogens is 330 g/mol. The Hall–Kier alpha value is -2.41. The first-order valence-electron chi connectivity index (χ1n) is 7.66. The highest BCUT2D eigenvalue weighted by Gasteiger charge is 2.11. The van der Waals surface area contributed by atoms with Crippen LogP contribution >= 0.6 is 11.6 Å². The second-order valence-electron chi connectivity index (χ2n) is 5.68. The maximum atomic E-state index is 11.9. The van der Waals surface area contributed by atoms with Gasteiger partial charge in [-0.3, -0.25) is 9.59 Å². The van der Waals surface area contributed by atoms with Gasteiger partial charge in [-0.1, -0.05) is 42.8 Å². The molecular formula is C16H20ClN5O2. The second-order valence-corrected chi connectivity index (χ2v) is 6.11. The van der Waals surface area contributed by atoms with Gasteiger partial charge in [0.2, 0.25) is 11.8 Å². The smallest absolute Gasteiger partial charge is 0.241 e. The van der Waals surface area contributed by atoms with Crippen LogP contribution in [0.3, 0.4) is 0 Å². The van der Waals surface area contributed by atoms with Crippen molar-refractivity contribution < 1.29 is 9.59 Å². The summed E-state index contributed by atoms with van der Waals surface area (Å²) in [6.45, 7) is 4.12. The summed E-state index contributed by atoms with van der Waals surface area (Å²) in [6.07, 6.45) is 2.22. The SMILES string of the molecule is CC(C)C(=O)Nc1cn(CC(=O)NCCc2cccc(Cl)c2)nn1. The van der Waals surface area contributed by atoms with E-state index in [0.29, 0.717) is 23.8 Å². The first kappa shape index (κ1) is 17.9. The average molecular weight is 350 g/mol. The number of hydrogen-bond acceptors (Lipinski definition) is 4. The van der Waals surface area contributed by atoms with Crippen molar-refractivity contribution in [3.8, 4) is 0 Å². The van der Waals surface area contributed by atoms with Crippen molar-refractivity contribution in [2.45, 2.75) is 26.8 Å². The predicted molar refractivity (Wildman–Crippen MR) is 91.7 cm³/mol. The zero-order valence-corrected chi connectivity index (χ0v) is 14.4. The molecule has 0 spiro atoms. The fourth-order valence-electron chi connectivity index (χ4n) is 1.95. The first-order valence-corrected chi connectivity index (χ1v) is 8.04. The molecule has 0 fully saturated rings. The van der Waals surface area contributed by atoms with Crippen LogP contribution in [-0.4, -0.2) is 33.4 Å². The third kappa shape index (κ3) is 5.66. The number of halogens is 1. The van der Waals surface area contributed by atoms with Gasteiger partial charge in [-0.15, -0.1) is 5.10 Å². The number of benzene rings is 1. The Morgan fingerprint density at radius 2 is 2.12 bits per heavy atom. The quantitative estimate of drug-likeness (QED) is 0.798. The lowest BCUT2D eigenvalue weighted by molar-refractivity contribution is -0.122. The number of hydrogen-bond donors (Lipinski definition) is 2. The van der Waals surface area contributed by atoms with Crippen molar-refractivity contribution in [3.63, 3.8) is 0 Å². The van der Waals surface area contributed by atoms with Gasteiger partial charge in [0.25, 0.3) is 0 Å². The van der Waals surface area contributed by atoms with Crippen LogP contribution in [0.1, 0.15) is 19.4 Å². The monoisotopic (exact) mass is 349 g/mol. The third-order valence-corrected chi connectivity index (χ3v) is 3.48. The molecule has 1 aromatic carbocycles. The Kier molecular flexibility index (Phi) is 6.31. The van der Waals surface area contributed by atoms with Crippen LogP contribution in [0.4, 0.5) is 5.82 Å². The summed E-state index contributed by atoms with van der Waals surface area (Å²) in [6, 6.07) is 7.51. The third-order valence-electron chi connectivity index (χ3n) is 3.24. The van der Waals surface area contributed by atoms with Gasteiger partial charge in [0.05, 0.1) is 6.20 Å². The molecule has 2 aromatic rings. The number of amides is 2. The predicted octanol–water partition coefficient (Wildman–Crippen LogP) is 1.88. The minimum atomic E-state index is -0.177. The number of nitrogens with one attached hydrogen (secondary N) is 2. The molecule has 0 aliphatic carbocycles. The van der Waals surface area contributed by atoms with E-state index in [0.717, 1.165) is 5.56 Å². The Bertz CT molecular complexity index is 714. The molecule has 1 aromatic heterocycles. The van der Waals surface area contributed by atoms with Gasteiger partial charge in [-0.05, 0) is 24.1 Å². The molecule has 7 nitrogen and oxygen atoms in total. The maximum Gasteiger partial charge on any atom is 0.241 e. The topological polar surface area (TPSA) is 88.9 Å². The molecule has 0 aliphatic heterocycles. The lowest BCUT2D eigenvalue weighted by Gasteiger charge is -2.05. The molecule has 0 saturated heterocycles. The molecule has 8 heteroatoms. The molecule has 2 N–H and O–H groups in total. The van der Waals surface area contributed by atoms with Crippen molar-refractivity contribution in [2.24, 2.45) is 5.92 Å². The van der Waals surface area contributed by atoms with Crippen LogP contribution in [0.5, 0.6) is 0 Å². The summed E-state index contributed by atoms with van der Waals surface area (Å²) < 4.78 is 1.38. The van der Waals surface area contributed by atoms with Crippen molar-refractivity contribution in [2.75, 3.05) is 11.9 Å². The summed E-state index contributed by atoms with van der Waals surface area (Å²) in [5.74, 6) is -0.137. The van der Waals surface area contributed by atoms with E-state index in [2.05, 4.69) is 20.9 Å². The maximum absolute atomic E-state index is 11.9.